The maximum atomic E-state index is 5.57. The van der Waals surface area contributed by atoms with Crippen LogP contribution in [0.15, 0.2) is 12.2 Å². The van der Waals surface area contributed by atoms with Crippen LogP contribution >= 0.6 is 0 Å². The molecular formula is C12H22O4. The van der Waals surface area contributed by atoms with E-state index in [0.717, 1.165) is 0 Å². The average molecular weight is 230 g/mol. The van der Waals surface area contributed by atoms with Gasteiger partial charge in [0.25, 0.3) is 0 Å². The van der Waals surface area contributed by atoms with Gasteiger partial charge in [-0.05, 0) is 53.7 Å². The van der Waals surface area contributed by atoms with Gasteiger partial charge in [-0.2, -0.15) is 9.78 Å². The lowest BCUT2D eigenvalue weighted by Crippen LogP contribution is -2.35. The first-order chi connectivity index (χ1) is 7.16. The van der Waals surface area contributed by atoms with Crippen LogP contribution < -0.4 is 0 Å². The van der Waals surface area contributed by atoms with E-state index >= 15 is 0 Å². The van der Waals surface area contributed by atoms with Gasteiger partial charge in [0.1, 0.15) is 0 Å². The predicted octanol–water partition coefficient (Wildman–Crippen LogP) is 2.79. The second-order valence-corrected chi connectivity index (χ2v) is 5.77. The van der Waals surface area contributed by atoms with E-state index in [4.69, 9.17) is 19.2 Å². The maximum Gasteiger partial charge on any atom is 0.211 e. The molecule has 0 saturated heterocycles. The molecule has 0 aromatic rings. The molecule has 0 bridgehead atoms. The average Bonchev–Trinajstić information content (AvgIpc) is 2.03. The molecule has 0 aromatic carbocycles. The Kier molecular flexibility index (Phi) is 4.12. The van der Waals surface area contributed by atoms with Gasteiger partial charge >= 0.3 is 0 Å². The lowest BCUT2D eigenvalue weighted by atomic mass is 10.2. The van der Waals surface area contributed by atoms with Crippen molar-refractivity contribution in [1.29, 1.82) is 0 Å². The summed E-state index contributed by atoms with van der Waals surface area (Å²) in [7, 11) is 0. The van der Waals surface area contributed by atoms with Gasteiger partial charge in [0.2, 0.25) is 12.6 Å². The fourth-order valence-corrected chi connectivity index (χ4v) is 1.17. The molecule has 0 saturated carbocycles. The Labute approximate surface area is 97.4 Å². The molecule has 4 heteroatoms. The highest BCUT2D eigenvalue weighted by molar-refractivity contribution is 4.91. The van der Waals surface area contributed by atoms with E-state index in [0.29, 0.717) is 0 Å². The van der Waals surface area contributed by atoms with Crippen LogP contribution in [0.2, 0.25) is 0 Å². The summed E-state index contributed by atoms with van der Waals surface area (Å²) in [5.41, 5.74) is -0.536. The van der Waals surface area contributed by atoms with Crippen molar-refractivity contribution in [2.45, 2.75) is 65.3 Å². The standard InChI is InChI=1S/C12H22O4/c1-11(2,3)13-9-7-8-10(16-15-9)14-12(4,5)6/h7-10H,1-6H3. The van der Waals surface area contributed by atoms with Crippen LogP contribution in [0.3, 0.4) is 0 Å². The fraction of sp³-hybridized carbons (Fsp3) is 0.833. The van der Waals surface area contributed by atoms with Crippen LogP contribution in [0, 0.1) is 0 Å². The van der Waals surface area contributed by atoms with Gasteiger partial charge in [-0.25, -0.2) is 0 Å². The van der Waals surface area contributed by atoms with E-state index in [1.165, 1.54) is 0 Å². The molecule has 2 atom stereocenters. The number of hydrogen-bond acceptors (Lipinski definition) is 4. The molecule has 0 aliphatic carbocycles. The van der Waals surface area contributed by atoms with Crippen LogP contribution in [0.5, 0.6) is 0 Å². The summed E-state index contributed by atoms with van der Waals surface area (Å²) in [5, 5.41) is 0. The van der Waals surface area contributed by atoms with Crippen LogP contribution in [0.25, 0.3) is 0 Å². The molecule has 0 amide bonds. The van der Waals surface area contributed by atoms with Gasteiger partial charge in [-0.1, -0.05) is 0 Å². The zero-order valence-corrected chi connectivity index (χ0v) is 10.9. The molecule has 4 nitrogen and oxygen atoms in total. The Morgan fingerprint density at radius 3 is 1.25 bits per heavy atom. The van der Waals surface area contributed by atoms with Gasteiger partial charge in [-0.3, -0.25) is 0 Å². The SMILES string of the molecule is CC(C)(C)OC1C=CC(OC(C)(C)C)OO1. The molecule has 0 fully saturated rings. The Morgan fingerprint density at radius 2 is 1.06 bits per heavy atom. The van der Waals surface area contributed by atoms with E-state index in [2.05, 4.69) is 0 Å². The van der Waals surface area contributed by atoms with Crippen molar-refractivity contribution in [1.82, 2.24) is 0 Å². The molecule has 0 spiro atoms. The van der Waals surface area contributed by atoms with Crippen molar-refractivity contribution < 1.29 is 19.2 Å². The minimum absolute atomic E-state index is 0.268. The molecule has 94 valence electrons. The lowest BCUT2D eigenvalue weighted by Gasteiger charge is -2.31. The monoisotopic (exact) mass is 230 g/mol. The molecule has 2 unspecified atom stereocenters. The van der Waals surface area contributed by atoms with Crippen molar-refractivity contribution >= 4 is 0 Å². The third-order valence-electron chi connectivity index (χ3n) is 1.61. The third kappa shape index (κ3) is 5.61. The predicted molar refractivity (Wildman–Crippen MR) is 60.6 cm³/mol. The highest BCUT2D eigenvalue weighted by Crippen LogP contribution is 2.20. The van der Waals surface area contributed by atoms with Gasteiger partial charge in [-0.15, -0.1) is 0 Å². The number of hydrogen-bond donors (Lipinski definition) is 0. The molecule has 0 radical (unpaired) electrons. The van der Waals surface area contributed by atoms with E-state index in [1.54, 1.807) is 12.2 Å². The van der Waals surface area contributed by atoms with Gasteiger partial charge in [0, 0.05) is 0 Å². The Balaban J connectivity index is 2.43. The van der Waals surface area contributed by atoms with Crippen LogP contribution in [-0.4, -0.2) is 23.8 Å². The first-order valence-electron chi connectivity index (χ1n) is 5.52. The first kappa shape index (κ1) is 13.6. The van der Waals surface area contributed by atoms with Crippen molar-refractivity contribution in [3.05, 3.63) is 12.2 Å². The van der Waals surface area contributed by atoms with Gasteiger partial charge in [0.05, 0.1) is 11.2 Å². The molecule has 1 aliphatic rings. The Morgan fingerprint density at radius 1 is 0.750 bits per heavy atom. The fourth-order valence-electron chi connectivity index (χ4n) is 1.17. The summed E-state index contributed by atoms with van der Waals surface area (Å²) in [4.78, 5) is 10.2. The van der Waals surface area contributed by atoms with E-state index in [1.807, 2.05) is 41.5 Å². The molecule has 1 rings (SSSR count). The molecule has 16 heavy (non-hydrogen) atoms. The quantitative estimate of drug-likeness (QED) is 0.540. The first-order valence-corrected chi connectivity index (χ1v) is 5.52. The summed E-state index contributed by atoms with van der Waals surface area (Å²) >= 11 is 0. The maximum absolute atomic E-state index is 5.57. The summed E-state index contributed by atoms with van der Waals surface area (Å²) in [5.74, 6) is 0. The largest absolute Gasteiger partial charge is 0.341 e. The van der Waals surface area contributed by atoms with Gasteiger partial charge < -0.3 is 9.47 Å². The van der Waals surface area contributed by atoms with E-state index in [9.17, 15) is 0 Å². The van der Waals surface area contributed by atoms with Crippen LogP contribution in [-0.2, 0) is 19.2 Å². The number of ether oxygens (including phenoxy) is 2. The second kappa shape index (κ2) is 4.84. The van der Waals surface area contributed by atoms with Crippen molar-refractivity contribution in [3.63, 3.8) is 0 Å². The summed E-state index contributed by atoms with van der Waals surface area (Å²) < 4.78 is 11.1. The van der Waals surface area contributed by atoms with E-state index in [-0.39, 0.29) is 11.2 Å². The van der Waals surface area contributed by atoms with Gasteiger partial charge in [0.15, 0.2) is 0 Å². The third-order valence-corrected chi connectivity index (χ3v) is 1.61. The van der Waals surface area contributed by atoms with Crippen LogP contribution in [0.1, 0.15) is 41.5 Å². The summed E-state index contributed by atoms with van der Waals surface area (Å²) in [6.45, 7) is 11.8. The zero-order valence-electron chi connectivity index (χ0n) is 10.9. The van der Waals surface area contributed by atoms with Crippen molar-refractivity contribution in [3.8, 4) is 0 Å². The molecule has 0 N–H and O–H groups in total. The zero-order chi connectivity index (χ0) is 12.4. The second-order valence-electron chi connectivity index (χ2n) is 5.77. The minimum atomic E-state index is -0.472. The Hall–Kier alpha value is -0.420. The van der Waals surface area contributed by atoms with Crippen molar-refractivity contribution in [2.24, 2.45) is 0 Å². The normalized spacial score (nSPS) is 27.1. The lowest BCUT2D eigenvalue weighted by molar-refractivity contribution is -0.437. The highest BCUT2D eigenvalue weighted by Gasteiger charge is 2.26. The summed E-state index contributed by atoms with van der Waals surface area (Å²) in [6.07, 6.45) is 2.65. The summed E-state index contributed by atoms with van der Waals surface area (Å²) in [6, 6.07) is 0. The minimum Gasteiger partial charge on any atom is -0.341 e. The smallest absolute Gasteiger partial charge is 0.211 e. The molecule has 0 aromatic heterocycles. The molecule has 1 aliphatic heterocycles. The van der Waals surface area contributed by atoms with Crippen LogP contribution in [0.4, 0.5) is 0 Å². The molecular weight excluding hydrogens is 208 g/mol. The topological polar surface area (TPSA) is 36.9 Å². The number of rotatable bonds is 2. The molecule has 1 heterocycles. The van der Waals surface area contributed by atoms with Crippen molar-refractivity contribution in [2.75, 3.05) is 0 Å². The van der Waals surface area contributed by atoms with E-state index < -0.39 is 12.6 Å². The Bertz CT molecular complexity index is 221. The highest BCUT2D eigenvalue weighted by atomic mass is 17.2.